The van der Waals surface area contributed by atoms with Crippen LogP contribution in [0, 0.1) is 5.41 Å². The molecule has 55 heavy (non-hydrogen) atoms. The van der Waals surface area contributed by atoms with Gasteiger partial charge in [-0.3, -0.25) is 19.4 Å². The number of methoxy groups -OCH3 is 2. The van der Waals surface area contributed by atoms with Gasteiger partial charge in [-0.2, -0.15) is 0 Å². The zero-order valence-corrected chi connectivity index (χ0v) is 33.3. The molecule has 0 radical (unpaired) electrons. The number of amides is 2. The Morgan fingerprint density at radius 1 is 0.655 bits per heavy atom. The van der Waals surface area contributed by atoms with Crippen LogP contribution in [0.15, 0.2) is 48.5 Å². The maximum Gasteiger partial charge on any atom is 0.219 e. The fourth-order valence-corrected chi connectivity index (χ4v) is 10.6. The van der Waals surface area contributed by atoms with Crippen LogP contribution < -0.4 is 9.47 Å². The number of ether oxygens (including phenoxy) is 2. The van der Waals surface area contributed by atoms with Crippen molar-refractivity contribution < 1.29 is 19.1 Å². The van der Waals surface area contributed by atoms with Crippen LogP contribution in [0.4, 0.5) is 0 Å². The van der Waals surface area contributed by atoms with Crippen LogP contribution in [0.2, 0.25) is 10.0 Å². The van der Waals surface area contributed by atoms with Gasteiger partial charge in [0, 0.05) is 117 Å². The quantitative estimate of drug-likeness (QED) is 0.196. The Morgan fingerprint density at radius 2 is 1.11 bits per heavy atom. The molecule has 3 fully saturated rings. The van der Waals surface area contributed by atoms with E-state index in [2.05, 4.69) is 21.9 Å². The predicted octanol–water partition coefficient (Wildman–Crippen LogP) is 7.10. The van der Waals surface area contributed by atoms with E-state index in [1.54, 1.807) is 28.1 Å². The number of fused-ring (bicyclic) bond motifs is 2. The SMILES string of the molecule is COc1nc(-c2cccc(-c3cccc(-c4cc5c(c(OC)n4)[C@@H](N4CC6(CN(C(C)=O)C6)C4)CC5)c3Cl)c2Cl)cc2c1[C@H](N1CCN(C(C)=O)CC1)CC2. The van der Waals surface area contributed by atoms with Crippen molar-refractivity contribution in [2.75, 3.05) is 66.6 Å². The summed E-state index contributed by atoms with van der Waals surface area (Å²) in [5, 5.41) is 1.14. The van der Waals surface area contributed by atoms with Crippen LogP contribution >= 0.6 is 23.2 Å². The van der Waals surface area contributed by atoms with Crippen molar-refractivity contribution in [1.29, 1.82) is 0 Å². The Labute approximate surface area is 332 Å². The van der Waals surface area contributed by atoms with Gasteiger partial charge in [0.15, 0.2) is 0 Å². The molecule has 3 saturated heterocycles. The minimum Gasteiger partial charge on any atom is -0.481 e. The predicted molar refractivity (Wildman–Crippen MR) is 214 cm³/mol. The highest BCUT2D eigenvalue weighted by Crippen LogP contribution is 2.51. The second-order valence-electron chi connectivity index (χ2n) is 15.9. The molecule has 2 aromatic carbocycles. The van der Waals surface area contributed by atoms with E-state index >= 15 is 0 Å². The van der Waals surface area contributed by atoms with Crippen molar-refractivity contribution in [2.24, 2.45) is 5.41 Å². The Kier molecular flexibility index (Phi) is 9.31. The van der Waals surface area contributed by atoms with Crippen molar-refractivity contribution in [3.63, 3.8) is 0 Å². The summed E-state index contributed by atoms with van der Waals surface area (Å²) in [5.74, 6) is 1.57. The highest BCUT2D eigenvalue weighted by Gasteiger charge is 2.55. The summed E-state index contributed by atoms with van der Waals surface area (Å²) in [4.78, 5) is 42.6. The molecule has 9 rings (SSSR count). The Bertz CT molecular complexity index is 2210. The third-order valence-corrected chi connectivity index (χ3v) is 13.5. The van der Waals surface area contributed by atoms with Gasteiger partial charge in [0.25, 0.3) is 0 Å². The van der Waals surface area contributed by atoms with E-state index in [1.807, 2.05) is 46.2 Å². The van der Waals surface area contributed by atoms with Crippen molar-refractivity contribution in [3.05, 3.63) is 80.8 Å². The number of rotatable bonds is 7. The molecule has 2 amide bonds. The van der Waals surface area contributed by atoms with Crippen LogP contribution in [-0.4, -0.2) is 108 Å². The third kappa shape index (κ3) is 6.16. The first-order valence-corrected chi connectivity index (χ1v) is 20.1. The van der Waals surface area contributed by atoms with Crippen molar-refractivity contribution >= 4 is 35.0 Å². The standard InChI is InChI=1S/C43H46Cl2N6O4/c1-25(52)48-15-17-49(18-16-48)35-13-11-27-19-33(46-41(54-3)37(27)35)31-9-5-7-29(39(31)44)30-8-6-10-32(40(30)45)34-20-28-12-14-36(38(28)42(47-34)55-4)51-23-43(24-51)21-50(22-43)26(2)53/h5-10,19-20,35-36H,11-18,21-24H2,1-4H3/t35-,36+/m1/s1. The van der Waals surface area contributed by atoms with Gasteiger partial charge in [-0.25, -0.2) is 9.97 Å². The van der Waals surface area contributed by atoms with Crippen LogP contribution in [0.5, 0.6) is 11.8 Å². The van der Waals surface area contributed by atoms with E-state index < -0.39 is 0 Å². The molecule has 1 spiro atoms. The molecule has 3 aliphatic heterocycles. The number of hydrogen-bond acceptors (Lipinski definition) is 8. The first kappa shape index (κ1) is 36.4. The van der Waals surface area contributed by atoms with E-state index in [-0.39, 0.29) is 29.3 Å². The molecule has 286 valence electrons. The number of hydrogen-bond donors (Lipinski definition) is 0. The molecule has 12 heteroatoms. The smallest absolute Gasteiger partial charge is 0.219 e. The monoisotopic (exact) mass is 780 g/mol. The zero-order chi connectivity index (χ0) is 38.2. The molecular weight excluding hydrogens is 735 g/mol. The second kappa shape index (κ2) is 14.1. The summed E-state index contributed by atoms with van der Waals surface area (Å²) in [6.45, 7) is 10.1. The van der Waals surface area contributed by atoms with Crippen LogP contribution in [0.25, 0.3) is 33.6 Å². The molecule has 0 N–H and O–H groups in total. The van der Waals surface area contributed by atoms with Gasteiger partial charge < -0.3 is 19.3 Å². The van der Waals surface area contributed by atoms with Crippen LogP contribution in [-0.2, 0) is 22.4 Å². The lowest BCUT2D eigenvalue weighted by molar-refractivity contribution is -0.161. The van der Waals surface area contributed by atoms with Crippen LogP contribution in [0.3, 0.4) is 0 Å². The molecule has 5 aliphatic rings. The number of nitrogens with zero attached hydrogens (tertiary/aromatic N) is 6. The van der Waals surface area contributed by atoms with Gasteiger partial charge in [-0.1, -0.05) is 59.6 Å². The van der Waals surface area contributed by atoms with E-state index in [4.69, 9.17) is 42.6 Å². The second-order valence-corrected chi connectivity index (χ2v) is 16.7. The molecule has 4 aromatic rings. The molecule has 10 nitrogen and oxygen atoms in total. The third-order valence-electron chi connectivity index (χ3n) is 12.7. The normalized spacial score (nSPS) is 21.6. The Hall–Kier alpha value is -4.22. The minimum atomic E-state index is 0.131. The summed E-state index contributed by atoms with van der Waals surface area (Å²) in [5.41, 5.74) is 9.80. The highest BCUT2D eigenvalue weighted by molar-refractivity contribution is 6.39. The largest absolute Gasteiger partial charge is 0.481 e. The number of aryl methyl sites for hydroxylation is 2. The van der Waals surface area contributed by atoms with Gasteiger partial charge in [0.05, 0.1) is 35.7 Å². The first-order valence-electron chi connectivity index (χ1n) is 19.3. The fourth-order valence-electron chi connectivity index (χ4n) is 9.93. The van der Waals surface area contributed by atoms with Crippen molar-refractivity contribution in [2.45, 2.75) is 51.6 Å². The molecule has 2 aromatic heterocycles. The molecule has 0 bridgehead atoms. The van der Waals surface area contributed by atoms with E-state index in [9.17, 15) is 9.59 Å². The number of benzene rings is 2. The van der Waals surface area contributed by atoms with Gasteiger partial charge in [-0.05, 0) is 48.9 Å². The molecule has 2 atom stereocenters. The Balaban J connectivity index is 0.988. The average Bonchev–Trinajstić information content (AvgIpc) is 3.78. The van der Waals surface area contributed by atoms with Gasteiger partial charge >= 0.3 is 0 Å². The van der Waals surface area contributed by atoms with Gasteiger partial charge in [0.1, 0.15) is 0 Å². The number of carbonyl (C=O) groups is 2. The van der Waals surface area contributed by atoms with Crippen LogP contribution in [0.1, 0.15) is 61.0 Å². The summed E-state index contributed by atoms with van der Waals surface area (Å²) < 4.78 is 11.9. The summed E-state index contributed by atoms with van der Waals surface area (Å²) >= 11 is 14.6. The molecule has 0 saturated carbocycles. The summed E-state index contributed by atoms with van der Waals surface area (Å²) in [7, 11) is 3.37. The van der Waals surface area contributed by atoms with Crippen molar-refractivity contribution in [1.82, 2.24) is 29.6 Å². The lowest BCUT2D eigenvalue weighted by atomic mass is 9.72. The lowest BCUT2D eigenvalue weighted by Gasteiger charge is -2.61. The first-order chi connectivity index (χ1) is 26.6. The number of pyridine rings is 2. The molecule has 5 heterocycles. The number of likely N-dealkylation sites (tertiary alicyclic amines) is 2. The summed E-state index contributed by atoms with van der Waals surface area (Å²) in [6, 6.07) is 16.8. The van der Waals surface area contributed by atoms with Gasteiger partial charge in [-0.15, -0.1) is 0 Å². The van der Waals surface area contributed by atoms with Crippen molar-refractivity contribution in [3.8, 4) is 45.4 Å². The van der Waals surface area contributed by atoms with E-state index in [1.165, 1.54) is 16.7 Å². The minimum absolute atomic E-state index is 0.131. The molecular formula is C43H46Cl2N6O4. The number of aromatic nitrogens is 2. The topological polar surface area (TPSA) is 91.3 Å². The number of carbonyl (C=O) groups excluding carboxylic acids is 2. The van der Waals surface area contributed by atoms with Gasteiger partial charge in [0.2, 0.25) is 23.6 Å². The fraction of sp³-hybridized carbons (Fsp3) is 0.442. The Morgan fingerprint density at radius 3 is 1.56 bits per heavy atom. The maximum atomic E-state index is 11.9. The van der Waals surface area contributed by atoms with E-state index in [0.717, 1.165) is 117 Å². The zero-order valence-electron chi connectivity index (χ0n) is 31.8. The number of halogens is 2. The molecule has 2 aliphatic carbocycles. The lowest BCUT2D eigenvalue weighted by Crippen LogP contribution is -2.72. The number of piperazine rings is 1. The highest BCUT2D eigenvalue weighted by atomic mass is 35.5. The average molecular weight is 782 g/mol. The maximum absolute atomic E-state index is 11.9. The summed E-state index contributed by atoms with van der Waals surface area (Å²) in [6.07, 6.45) is 3.85. The van der Waals surface area contributed by atoms with E-state index in [0.29, 0.717) is 21.8 Å². The molecule has 0 unspecified atom stereocenters.